The molecule has 1 rings (SSSR count). The van der Waals surface area contributed by atoms with Crippen molar-refractivity contribution in [3.8, 4) is 5.75 Å². The van der Waals surface area contributed by atoms with Crippen LogP contribution in [0.1, 0.15) is 34.1 Å². The van der Waals surface area contributed by atoms with Crippen LogP contribution in [0.25, 0.3) is 0 Å². The molecule has 0 aliphatic rings. The number of nitrogen functional groups attached to an aromatic ring is 1. The number of anilines is 1. The van der Waals surface area contributed by atoms with Gasteiger partial charge in [0.2, 0.25) is 0 Å². The quantitative estimate of drug-likeness (QED) is 0.373. The highest BCUT2D eigenvalue weighted by Crippen LogP contribution is 2.35. The van der Waals surface area contributed by atoms with E-state index < -0.39 is 4.92 Å². The van der Waals surface area contributed by atoms with Crippen LogP contribution in [-0.4, -0.2) is 16.4 Å². The van der Waals surface area contributed by atoms with Gasteiger partial charge in [-0.15, -0.1) is 11.6 Å². The summed E-state index contributed by atoms with van der Waals surface area (Å²) in [6.07, 6.45) is 0.746. The summed E-state index contributed by atoms with van der Waals surface area (Å²) in [6.45, 7) is 8.33. The number of ether oxygens (including phenoxy) is 1. The Morgan fingerprint density at radius 1 is 1.35 bits per heavy atom. The molecular formula is C14H21ClN2O3. The Hall–Kier alpha value is -1.49. The average Bonchev–Trinajstić information content (AvgIpc) is 2.24. The van der Waals surface area contributed by atoms with Crippen LogP contribution >= 0.6 is 11.6 Å². The molecule has 1 aromatic carbocycles. The predicted molar refractivity (Wildman–Crippen MR) is 81.3 cm³/mol. The number of para-hydroxylation sites is 1. The molecule has 0 aromatic heterocycles. The van der Waals surface area contributed by atoms with Crippen LogP contribution in [0.5, 0.6) is 5.75 Å². The van der Waals surface area contributed by atoms with Crippen LogP contribution < -0.4 is 10.5 Å². The highest BCUT2D eigenvalue weighted by molar-refractivity contribution is 6.23. The molecule has 0 heterocycles. The van der Waals surface area contributed by atoms with E-state index in [1.165, 1.54) is 6.07 Å². The van der Waals surface area contributed by atoms with Gasteiger partial charge in [0.05, 0.1) is 11.5 Å². The summed E-state index contributed by atoms with van der Waals surface area (Å²) in [6, 6.07) is 4.54. The molecule has 112 valence electrons. The maximum atomic E-state index is 10.8. The maximum absolute atomic E-state index is 10.8. The van der Waals surface area contributed by atoms with Gasteiger partial charge in [-0.05, 0) is 26.3 Å². The van der Waals surface area contributed by atoms with E-state index in [1.54, 1.807) is 12.1 Å². The molecule has 0 spiro atoms. The first-order chi connectivity index (χ1) is 9.02. The first-order valence-electron chi connectivity index (χ1n) is 6.36. The smallest absolute Gasteiger partial charge is 0.295 e. The van der Waals surface area contributed by atoms with Crippen LogP contribution in [0, 0.1) is 15.5 Å². The fraction of sp³-hybridized carbons (Fsp3) is 0.571. The summed E-state index contributed by atoms with van der Waals surface area (Å²) >= 11 is 6.23. The average molecular weight is 301 g/mol. The lowest BCUT2D eigenvalue weighted by Gasteiger charge is -2.30. The molecular weight excluding hydrogens is 280 g/mol. The Morgan fingerprint density at radius 3 is 2.45 bits per heavy atom. The molecule has 0 radical (unpaired) electrons. The van der Waals surface area contributed by atoms with Gasteiger partial charge in [0, 0.05) is 16.4 Å². The molecule has 0 aliphatic carbocycles. The zero-order chi connectivity index (χ0) is 15.6. The third-order valence-corrected chi connectivity index (χ3v) is 2.89. The van der Waals surface area contributed by atoms with Crippen LogP contribution in [0.2, 0.25) is 0 Å². The van der Waals surface area contributed by atoms with Gasteiger partial charge in [-0.2, -0.15) is 0 Å². The zero-order valence-corrected chi connectivity index (χ0v) is 13.0. The Kier molecular flexibility index (Phi) is 4.86. The van der Waals surface area contributed by atoms with E-state index in [2.05, 4.69) is 0 Å². The number of nitrogens with zero attached hydrogens (tertiary/aromatic N) is 1. The largest absolute Gasteiger partial charge is 0.491 e. The molecule has 0 saturated heterocycles. The van der Waals surface area contributed by atoms with Crippen molar-refractivity contribution in [1.29, 1.82) is 0 Å². The number of nitrogens with two attached hydrogens (primary N) is 1. The van der Waals surface area contributed by atoms with Crippen molar-refractivity contribution in [3.63, 3.8) is 0 Å². The number of hydrogen-bond donors (Lipinski definition) is 1. The molecule has 1 aromatic rings. The van der Waals surface area contributed by atoms with Crippen molar-refractivity contribution >= 4 is 23.0 Å². The van der Waals surface area contributed by atoms with Crippen LogP contribution in [0.15, 0.2) is 18.2 Å². The second-order valence-electron chi connectivity index (χ2n) is 6.29. The minimum absolute atomic E-state index is 0.0541. The molecule has 0 amide bonds. The van der Waals surface area contributed by atoms with E-state index in [0.29, 0.717) is 12.4 Å². The second-order valence-corrected chi connectivity index (χ2v) is 7.32. The molecule has 0 atom stereocenters. The number of halogens is 1. The summed E-state index contributed by atoms with van der Waals surface area (Å²) in [5, 5.41) is 10.8. The minimum atomic E-state index is -0.519. The van der Waals surface area contributed by atoms with Gasteiger partial charge >= 0.3 is 0 Å². The van der Waals surface area contributed by atoms with Gasteiger partial charge in [0.1, 0.15) is 5.75 Å². The molecule has 0 saturated carbocycles. The number of rotatable bonds is 6. The third-order valence-electron chi connectivity index (χ3n) is 2.76. The highest BCUT2D eigenvalue weighted by atomic mass is 35.5. The zero-order valence-electron chi connectivity index (χ0n) is 12.3. The standard InChI is InChI=1S/C14H21ClN2O3/c1-13(2,8-14(3,4)15)9-20-11-7-5-6-10(12(11)16)17(18)19/h5-7H,8-9,16H2,1-4H3. The Balaban J connectivity index is 2.80. The lowest BCUT2D eigenvalue weighted by atomic mass is 9.84. The molecule has 5 nitrogen and oxygen atoms in total. The SMILES string of the molecule is CC(C)(Cl)CC(C)(C)COc1cccc([N+](=O)[O-])c1N. The van der Waals surface area contributed by atoms with Gasteiger partial charge < -0.3 is 10.5 Å². The summed E-state index contributed by atoms with van der Waals surface area (Å²) in [5.74, 6) is 0.333. The van der Waals surface area contributed by atoms with Crippen LogP contribution in [0.3, 0.4) is 0 Å². The first-order valence-corrected chi connectivity index (χ1v) is 6.74. The fourth-order valence-corrected chi connectivity index (χ4v) is 2.64. The van der Waals surface area contributed by atoms with Crippen molar-refractivity contribution in [2.45, 2.75) is 39.0 Å². The summed E-state index contributed by atoms with van der Waals surface area (Å²) in [5.41, 5.74) is 5.50. The van der Waals surface area contributed by atoms with Crippen molar-refractivity contribution < 1.29 is 9.66 Å². The topological polar surface area (TPSA) is 78.4 Å². The number of nitro benzene ring substituents is 1. The molecule has 20 heavy (non-hydrogen) atoms. The fourth-order valence-electron chi connectivity index (χ4n) is 2.28. The summed E-state index contributed by atoms with van der Waals surface area (Å²) in [4.78, 5) is 9.96. The Bertz CT molecular complexity index is 496. The van der Waals surface area contributed by atoms with E-state index in [0.717, 1.165) is 6.42 Å². The Morgan fingerprint density at radius 2 is 1.95 bits per heavy atom. The number of benzene rings is 1. The predicted octanol–water partition coefficient (Wildman–Crippen LogP) is 3.99. The number of alkyl halides is 1. The molecule has 0 bridgehead atoms. The van der Waals surface area contributed by atoms with Gasteiger partial charge in [-0.3, -0.25) is 10.1 Å². The number of nitro groups is 1. The van der Waals surface area contributed by atoms with Gasteiger partial charge in [-0.1, -0.05) is 19.9 Å². The van der Waals surface area contributed by atoms with Gasteiger partial charge in [-0.25, -0.2) is 0 Å². The molecule has 0 unspecified atom stereocenters. The number of hydrogen-bond acceptors (Lipinski definition) is 4. The molecule has 0 aliphatic heterocycles. The van der Waals surface area contributed by atoms with E-state index in [4.69, 9.17) is 22.1 Å². The van der Waals surface area contributed by atoms with Crippen LogP contribution in [-0.2, 0) is 0 Å². The van der Waals surface area contributed by atoms with Crippen molar-refractivity contribution in [2.24, 2.45) is 5.41 Å². The maximum Gasteiger partial charge on any atom is 0.295 e. The summed E-state index contributed by atoms with van der Waals surface area (Å²) < 4.78 is 5.65. The van der Waals surface area contributed by atoms with Crippen molar-refractivity contribution in [2.75, 3.05) is 12.3 Å². The normalized spacial score (nSPS) is 12.2. The third kappa shape index (κ3) is 4.89. The van der Waals surface area contributed by atoms with E-state index in [-0.39, 0.29) is 21.7 Å². The monoisotopic (exact) mass is 300 g/mol. The Labute approximate surface area is 124 Å². The van der Waals surface area contributed by atoms with E-state index >= 15 is 0 Å². The van der Waals surface area contributed by atoms with Crippen molar-refractivity contribution in [1.82, 2.24) is 0 Å². The van der Waals surface area contributed by atoms with E-state index in [1.807, 2.05) is 27.7 Å². The molecule has 6 heteroatoms. The van der Waals surface area contributed by atoms with E-state index in [9.17, 15) is 10.1 Å². The van der Waals surface area contributed by atoms with Gasteiger partial charge in [0.25, 0.3) is 5.69 Å². The lowest BCUT2D eigenvalue weighted by Crippen LogP contribution is -2.29. The molecule has 2 N–H and O–H groups in total. The first kappa shape index (κ1) is 16.6. The lowest BCUT2D eigenvalue weighted by molar-refractivity contribution is -0.384. The summed E-state index contributed by atoms with van der Waals surface area (Å²) in [7, 11) is 0. The highest BCUT2D eigenvalue weighted by Gasteiger charge is 2.28. The second kappa shape index (κ2) is 5.87. The molecule has 0 fully saturated rings. The van der Waals surface area contributed by atoms with Crippen molar-refractivity contribution in [3.05, 3.63) is 28.3 Å². The minimum Gasteiger partial charge on any atom is -0.491 e. The van der Waals surface area contributed by atoms with Gasteiger partial charge in [0.15, 0.2) is 5.69 Å². The van der Waals surface area contributed by atoms with Crippen LogP contribution in [0.4, 0.5) is 11.4 Å².